The van der Waals surface area contributed by atoms with Crippen molar-refractivity contribution in [2.45, 2.75) is 19.0 Å². The number of anilines is 1. The zero-order valence-corrected chi connectivity index (χ0v) is 10.2. The molecule has 1 aromatic rings. The smallest absolute Gasteiger partial charge is 0.255 e. The van der Waals surface area contributed by atoms with Gasteiger partial charge < -0.3 is 16.0 Å². The van der Waals surface area contributed by atoms with E-state index in [9.17, 15) is 14.4 Å². The average Bonchev–Trinajstić information content (AvgIpc) is 2.72. The summed E-state index contributed by atoms with van der Waals surface area (Å²) in [5, 5.41) is 2.51. The third kappa shape index (κ3) is 1.76. The maximum atomic E-state index is 12.3. The standard InChI is InChI=1S/C13H13N3O3/c14-10-3-1-2-8-9(10)6-16(13(8)19)11-4-7(17)5-15-12(11)18/h1-3,11H,4-6,14H2,(H,15,18). The second-order valence-electron chi connectivity index (χ2n) is 4.78. The summed E-state index contributed by atoms with van der Waals surface area (Å²) in [6.07, 6.45) is 0.0749. The van der Waals surface area contributed by atoms with E-state index in [-0.39, 0.29) is 37.1 Å². The zero-order chi connectivity index (χ0) is 13.6. The van der Waals surface area contributed by atoms with E-state index in [2.05, 4.69) is 5.32 Å². The molecular formula is C13H13N3O3. The molecule has 2 aliphatic rings. The summed E-state index contributed by atoms with van der Waals surface area (Å²) in [7, 11) is 0. The Morgan fingerprint density at radius 3 is 2.79 bits per heavy atom. The number of nitrogens with zero attached hydrogens (tertiary/aromatic N) is 1. The summed E-state index contributed by atoms with van der Waals surface area (Å²) >= 11 is 0. The molecule has 0 aromatic heterocycles. The summed E-state index contributed by atoms with van der Waals surface area (Å²) in [6.45, 7) is 0.332. The highest BCUT2D eigenvalue weighted by atomic mass is 16.2. The van der Waals surface area contributed by atoms with Crippen molar-refractivity contribution in [1.29, 1.82) is 0 Å². The van der Waals surface area contributed by atoms with Gasteiger partial charge in [0.2, 0.25) is 5.91 Å². The Labute approximate surface area is 109 Å². The Kier molecular flexibility index (Phi) is 2.51. The first-order valence-corrected chi connectivity index (χ1v) is 6.05. The van der Waals surface area contributed by atoms with E-state index in [1.54, 1.807) is 18.2 Å². The molecule has 19 heavy (non-hydrogen) atoms. The Morgan fingerprint density at radius 1 is 1.26 bits per heavy atom. The van der Waals surface area contributed by atoms with Gasteiger partial charge in [0, 0.05) is 29.8 Å². The summed E-state index contributed by atoms with van der Waals surface area (Å²) in [4.78, 5) is 37.0. The van der Waals surface area contributed by atoms with Crippen LogP contribution in [0.2, 0.25) is 0 Å². The van der Waals surface area contributed by atoms with Crippen LogP contribution >= 0.6 is 0 Å². The quantitative estimate of drug-likeness (QED) is 0.676. The second kappa shape index (κ2) is 4.08. The van der Waals surface area contributed by atoms with Crippen molar-refractivity contribution in [3.8, 4) is 0 Å². The molecule has 6 heteroatoms. The summed E-state index contributed by atoms with van der Waals surface area (Å²) in [6, 6.07) is 4.40. The predicted octanol–water partition coefficient (Wildman–Crippen LogP) is -0.318. The van der Waals surface area contributed by atoms with Crippen LogP contribution < -0.4 is 11.1 Å². The van der Waals surface area contributed by atoms with Gasteiger partial charge in [-0.25, -0.2) is 0 Å². The Morgan fingerprint density at radius 2 is 2.05 bits per heavy atom. The average molecular weight is 259 g/mol. The van der Waals surface area contributed by atoms with Crippen LogP contribution in [0.3, 0.4) is 0 Å². The largest absolute Gasteiger partial charge is 0.398 e. The van der Waals surface area contributed by atoms with Crippen molar-refractivity contribution in [2.75, 3.05) is 12.3 Å². The van der Waals surface area contributed by atoms with Crippen LogP contribution in [0.1, 0.15) is 22.3 Å². The lowest BCUT2D eigenvalue weighted by atomic mass is 10.0. The fourth-order valence-electron chi connectivity index (χ4n) is 2.57. The first-order valence-electron chi connectivity index (χ1n) is 6.05. The predicted molar refractivity (Wildman–Crippen MR) is 67.1 cm³/mol. The zero-order valence-electron chi connectivity index (χ0n) is 10.2. The van der Waals surface area contributed by atoms with Gasteiger partial charge in [-0.05, 0) is 12.1 Å². The van der Waals surface area contributed by atoms with Crippen LogP contribution in [0.25, 0.3) is 0 Å². The van der Waals surface area contributed by atoms with Gasteiger partial charge in [0.25, 0.3) is 5.91 Å². The summed E-state index contributed by atoms with van der Waals surface area (Å²) in [5.41, 5.74) is 7.63. The number of nitrogen functional groups attached to an aromatic ring is 1. The minimum absolute atomic E-state index is 0.0481. The maximum absolute atomic E-state index is 12.3. The van der Waals surface area contributed by atoms with Crippen molar-refractivity contribution >= 4 is 23.3 Å². The second-order valence-corrected chi connectivity index (χ2v) is 4.78. The number of Topliss-reactive ketones (excluding diaryl/α,β-unsaturated/α-hetero) is 1. The topological polar surface area (TPSA) is 92.5 Å². The van der Waals surface area contributed by atoms with Crippen molar-refractivity contribution in [1.82, 2.24) is 10.2 Å². The molecule has 6 nitrogen and oxygen atoms in total. The van der Waals surface area contributed by atoms with Crippen LogP contribution in [-0.4, -0.2) is 35.1 Å². The van der Waals surface area contributed by atoms with Crippen molar-refractivity contribution in [3.63, 3.8) is 0 Å². The van der Waals surface area contributed by atoms with E-state index >= 15 is 0 Å². The number of piperidine rings is 1. The van der Waals surface area contributed by atoms with E-state index in [1.807, 2.05) is 0 Å². The number of carbonyl (C=O) groups excluding carboxylic acids is 3. The maximum Gasteiger partial charge on any atom is 0.255 e. The van der Waals surface area contributed by atoms with Gasteiger partial charge in [-0.1, -0.05) is 6.07 Å². The first-order chi connectivity index (χ1) is 9.08. The molecular weight excluding hydrogens is 246 g/mol. The normalized spacial score (nSPS) is 22.4. The van der Waals surface area contributed by atoms with Crippen LogP contribution in [0.4, 0.5) is 5.69 Å². The number of nitrogens with two attached hydrogens (primary N) is 1. The molecule has 1 unspecified atom stereocenters. The number of hydrogen-bond acceptors (Lipinski definition) is 4. The lowest BCUT2D eigenvalue weighted by Crippen LogP contribution is -2.53. The van der Waals surface area contributed by atoms with Gasteiger partial charge in [-0.3, -0.25) is 14.4 Å². The van der Waals surface area contributed by atoms with Crippen LogP contribution in [0.5, 0.6) is 0 Å². The Bertz CT molecular complexity index is 597. The van der Waals surface area contributed by atoms with E-state index in [4.69, 9.17) is 5.73 Å². The third-order valence-electron chi connectivity index (χ3n) is 3.59. The SMILES string of the molecule is Nc1cccc2c1CN(C1CC(=O)CNC1=O)C2=O. The molecule has 1 aromatic carbocycles. The summed E-state index contributed by atoms with van der Waals surface area (Å²) < 4.78 is 0. The molecule has 0 saturated carbocycles. The molecule has 2 amide bonds. The minimum Gasteiger partial charge on any atom is -0.398 e. The molecule has 1 atom stereocenters. The number of fused-ring (bicyclic) bond motifs is 1. The number of rotatable bonds is 1. The Hall–Kier alpha value is -2.37. The van der Waals surface area contributed by atoms with Crippen molar-refractivity contribution in [2.24, 2.45) is 0 Å². The van der Waals surface area contributed by atoms with Crippen LogP contribution in [0.15, 0.2) is 18.2 Å². The minimum atomic E-state index is -0.722. The molecule has 2 heterocycles. The molecule has 0 aliphatic carbocycles. The highest BCUT2D eigenvalue weighted by Crippen LogP contribution is 2.30. The Balaban J connectivity index is 1.93. The van der Waals surface area contributed by atoms with E-state index in [0.717, 1.165) is 5.56 Å². The number of benzene rings is 1. The van der Waals surface area contributed by atoms with Crippen LogP contribution in [-0.2, 0) is 16.1 Å². The van der Waals surface area contributed by atoms with Crippen molar-refractivity contribution in [3.05, 3.63) is 29.3 Å². The number of carbonyl (C=O) groups is 3. The summed E-state index contributed by atoms with van der Waals surface area (Å²) in [5.74, 6) is -0.585. The fraction of sp³-hybridized carbons (Fsp3) is 0.308. The van der Waals surface area contributed by atoms with Gasteiger partial charge in [0.1, 0.15) is 6.04 Å². The first kappa shape index (κ1) is 11.7. The van der Waals surface area contributed by atoms with Gasteiger partial charge in [0.05, 0.1) is 6.54 Å². The number of amides is 2. The molecule has 1 saturated heterocycles. The van der Waals surface area contributed by atoms with Gasteiger partial charge in [-0.15, -0.1) is 0 Å². The van der Waals surface area contributed by atoms with Gasteiger partial charge in [-0.2, -0.15) is 0 Å². The van der Waals surface area contributed by atoms with E-state index in [0.29, 0.717) is 11.3 Å². The molecule has 0 bridgehead atoms. The fourth-order valence-corrected chi connectivity index (χ4v) is 2.57. The molecule has 98 valence electrons. The van der Waals surface area contributed by atoms with Crippen LogP contribution in [0, 0.1) is 0 Å². The molecule has 0 radical (unpaired) electrons. The monoisotopic (exact) mass is 259 g/mol. The van der Waals surface area contributed by atoms with Crippen molar-refractivity contribution < 1.29 is 14.4 Å². The highest BCUT2D eigenvalue weighted by Gasteiger charge is 2.39. The lowest BCUT2D eigenvalue weighted by Gasteiger charge is -2.29. The third-order valence-corrected chi connectivity index (χ3v) is 3.59. The lowest BCUT2D eigenvalue weighted by molar-refractivity contribution is -0.134. The molecule has 1 fully saturated rings. The highest BCUT2D eigenvalue weighted by molar-refractivity contribution is 6.04. The van der Waals surface area contributed by atoms with Gasteiger partial charge >= 0.3 is 0 Å². The molecule has 3 N–H and O–H groups in total. The number of ketones is 1. The van der Waals surface area contributed by atoms with E-state index < -0.39 is 6.04 Å². The molecule has 0 spiro atoms. The van der Waals surface area contributed by atoms with E-state index in [1.165, 1.54) is 4.90 Å². The number of nitrogens with one attached hydrogen (secondary N) is 1. The molecule has 2 aliphatic heterocycles. The number of hydrogen-bond donors (Lipinski definition) is 2. The molecule has 3 rings (SSSR count). The van der Waals surface area contributed by atoms with Gasteiger partial charge in [0.15, 0.2) is 5.78 Å².